The van der Waals surface area contributed by atoms with E-state index in [1.54, 1.807) is 12.1 Å². The molecule has 1 aliphatic heterocycles. The number of rotatable bonds is 6. The van der Waals surface area contributed by atoms with Crippen molar-refractivity contribution in [2.75, 3.05) is 20.4 Å². The normalized spacial score (nSPS) is 12.8. The number of fused-ring (bicyclic) bond motifs is 1. The number of halogens is 3. The lowest BCUT2D eigenvalue weighted by atomic mass is 10.1. The average Bonchev–Trinajstić information content (AvgIpc) is 3.03. The Hall–Kier alpha value is -2.11. The number of hydrogen-bond acceptors (Lipinski definition) is 3. The largest absolute Gasteiger partial charge is 0.454 e. The third-order valence-electron chi connectivity index (χ3n) is 3.81. The second kappa shape index (κ2) is 8.83. The van der Waals surface area contributed by atoms with Gasteiger partial charge in [0, 0.05) is 18.7 Å². The highest BCUT2D eigenvalue weighted by Gasteiger charge is 2.13. The van der Waals surface area contributed by atoms with Gasteiger partial charge in [-0.3, -0.25) is 4.90 Å². The summed E-state index contributed by atoms with van der Waals surface area (Å²) < 4.78 is 35.7. The van der Waals surface area contributed by atoms with Gasteiger partial charge in [0.1, 0.15) is 0 Å². The molecule has 0 unspecified atom stereocenters. The molecular formula is C19H20ClF2NO2. The first kappa shape index (κ1) is 19.2. The summed E-state index contributed by atoms with van der Waals surface area (Å²) in [6.07, 6.45) is 1.53. The topological polar surface area (TPSA) is 21.7 Å². The van der Waals surface area contributed by atoms with Gasteiger partial charge in [-0.2, -0.15) is 0 Å². The molecular weight excluding hydrogens is 348 g/mol. The molecule has 2 aromatic rings. The number of ether oxygens (including phenoxy) is 2. The van der Waals surface area contributed by atoms with Gasteiger partial charge in [-0.1, -0.05) is 42.5 Å². The zero-order chi connectivity index (χ0) is 16.9. The summed E-state index contributed by atoms with van der Waals surface area (Å²) in [4.78, 5) is 2.15. The quantitative estimate of drug-likeness (QED) is 0.723. The fourth-order valence-electron chi connectivity index (χ4n) is 2.54. The SMILES string of the molecule is CN(C/C=C/c1ccc(C(F)F)cc1)Cc1ccc2c(c1)OCO2.Cl. The molecule has 0 fully saturated rings. The number of likely N-dealkylation sites (N-methyl/N-ethyl adjacent to an activating group) is 1. The first-order valence-electron chi connectivity index (χ1n) is 7.73. The molecule has 0 atom stereocenters. The van der Waals surface area contributed by atoms with Crippen molar-refractivity contribution >= 4 is 18.5 Å². The Balaban J connectivity index is 0.00000225. The maximum atomic E-state index is 12.5. The molecule has 0 aliphatic carbocycles. The van der Waals surface area contributed by atoms with E-state index < -0.39 is 6.43 Å². The Bertz CT molecular complexity index is 720. The zero-order valence-corrected chi connectivity index (χ0v) is 14.6. The Morgan fingerprint density at radius 3 is 2.52 bits per heavy atom. The number of alkyl halides is 2. The van der Waals surface area contributed by atoms with Crippen molar-refractivity contribution in [1.29, 1.82) is 0 Å². The van der Waals surface area contributed by atoms with Crippen LogP contribution in [0.2, 0.25) is 0 Å². The molecule has 2 aromatic carbocycles. The third kappa shape index (κ3) is 5.18. The van der Waals surface area contributed by atoms with E-state index in [9.17, 15) is 8.78 Å². The van der Waals surface area contributed by atoms with Crippen LogP contribution in [0.15, 0.2) is 48.5 Å². The van der Waals surface area contributed by atoms with Crippen molar-refractivity contribution < 1.29 is 18.3 Å². The minimum Gasteiger partial charge on any atom is -0.454 e. The van der Waals surface area contributed by atoms with Gasteiger partial charge in [-0.05, 0) is 30.3 Å². The van der Waals surface area contributed by atoms with E-state index in [0.717, 1.165) is 35.7 Å². The summed E-state index contributed by atoms with van der Waals surface area (Å²) in [6.45, 7) is 1.82. The van der Waals surface area contributed by atoms with E-state index in [4.69, 9.17) is 9.47 Å². The summed E-state index contributed by atoms with van der Waals surface area (Å²) >= 11 is 0. The number of hydrogen-bond donors (Lipinski definition) is 0. The summed E-state index contributed by atoms with van der Waals surface area (Å²) in [5.74, 6) is 1.57. The van der Waals surface area contributed by atoms with Crippen molar-refractivity contribution in [1.82, 2.24) is 4.90 Å². The molecule has 0 aromatic heterocycles. The zero-order valence-electron chi connectivity index (χ0n) is 13.8. The van der Waals surface area contributed by atoms with Crippen LogP contribution < -0.4 is 9.47 Å². The molecule has 0 saturated carbocycles. The van der Waals surface area contributed by atoms with Crippen molar-refractivity contribution in [2.24, 2.45) is 0 Å². The first-order chi connectivity index (χ1) is 11.6. The molecule has 0 bridgehead atoms. The van der Waals surface area contributed by atoms with Crippen molar-refractivity contribution in [3.8, 4) is 11.5 Å². The van der Waals surface area contributed by atoms with Gasteiger partial charge in [0.05, 0.1) is 0 Å². The third-order valence-corrected chi connectivity index (χ3v) is 3.81. The molecule has 0 amide bonds. The summed E-state index contributed by atoms with van der Waals surface area (Å²) in [5.41, 5.74) is 2.11. The molecule has 3 rings (SSSR count). The van der Waals surface area contributed by atoms with Crippen LogP contribution in [-0.4, -0.2) is 25.3 Å². The Morgan fingerprint density at radius 1 is 1.08 bits per heavy atom. The standard InChI is InChI=1S/C19H19F2NO2.ClH/c1-22(12-15-6-9-17-18(11-15)24-13-23-17)10-2-3-14-4-7-16(8-5-14)19(20)21;/h2-9,11,19H,10,12-13H2,1H3;1H/b3-2+;. The molecule has 0 spiro atoms. The van der Waals surface area contributed by atoms with E-state index in [2.05, 4.69) is 4.90 Å². The smallest absolute Gasteiger partial charge is 0.263 e. The predicted molar refractivity (Wildman–Crippen MR) is 96.6 cm³/mol. The van der Waals surface area contributed by atoms with Gasteiger partial charge in [-0.25, -0.2) is 8.78 Å². The molecule has 0 radical (unpaired) electrons. The first-order valence-corrected chi connectivity index (χ1v) is 7.73. The average molecular weight is 368 g/mol. The van der Waals surface area contributed by atoms with Crippen molar-refractivity contribution in [2.45, 2.75) is 13.0 Å². The second-order valence-electron chi connectivity index (χ2n) is 5.75. The number of nitrogens with zero attached hydrogens (tertiary/aromatic N) is 1. The van der Waals surface area contributed by atoms with Crippen molar-refractivity contribution in [3.63, 3.8) is 0 Å². The van der Waals surface area contributed by atoms with E-state index >= 15 is 0 Å². The van der Waals surface area contributed by atoms with Crippen LogP contribution in [-0.2, 0) is 6.54 Å². The Kier molecular flexibility index (Phi) is 6.79. The minimum atomic E-state index is -2.42. The molecule has 6 heteroatoms. The van der Waals surface area contributed by atoms with Crippen LogP contribution >= 0.6 is 12.4 Å². The van der Waals surface area contributed by atoms with E-state index in [1.807, 2.05) is 37.4 Å². The van der Waals surface area contributed by atoms with Gasteiger partial charge in [0.15, 0.2) is 11.5 Å². The highest BCUT2D eigenvalue weighted by molar-refractivity contribution is 5.85. The van der Waals surface area contributed by atoms with E-state index in [1.165, 1.54) is 12.1 Å². The van der Waals surface area contributed by atoms with Gasteiger partial charge in [0.25, 0.3) is 6.43 Å². The monoisotopic (exact) mass is 367 g/mol. The molecule has 0 N–H and O–H groups in total. The highest BCUT2D eigenvalue weighted by atomic mass is 35.5. The van der Waals surface area contributed by atoms with Crippen LogP contribution in [0.4, 0.5) is 8.78 Å². The van der Waals surface area contributed by atoms with Crippen LogP contribution in [0.3, 0.4) is 0 Å². The van der Waals surface area contributed by atoms with Crippen LogP contribution in [0, 0.1) is 0 Å². The second-order valence-corrected chi connectivity index (χ2v) is 5.75. The summed E-state index contributed by atoms with van der Waals surface area (Å²) in [7, 11) is 2.02. The lowest BCUT2D eigenvalue weighted by molar-refractivity contribution is 0.151. The fraction of sp³-hybridized carbons (Fsp3) is 0.263. The Morgan fingerprint density at radius 2 is 1.80 bits per heavy atom. The molecule has 1 heterocycles. The minimum absolute atomic E-state index is 0. The maximum absolute atomic E-state index is 12.5. The van der Waals surface area contributed by atoms with Gasteiger partial charge < -0.3 is 9.47 Å². The summed E-state index contributed by atoms with van der Waals surface area (Å²) in [5, 5.41) is 0. The fourth-order valence-corrected chi connectivity index (χ4v) is 2.54. The maximum Gasteiger partial charge on any atom is 0.263 e. The molecule has 3 nitrogen and oxygen atoms in total. The van der Waals surface area contributed by atoms with E-state index in [-0.39, 0.29) is 24.8 Å². The summed E-state index contributed by atoms with van der Waals surface area (Å²) in [6, 6.07) is 12.3. The predicted octanol–water partition coefficient (Wildman–Crippen LogP) is 4.92. The molecule has 25 heavy (non-hydrogen) atoms. The van der Waals surface area contributed by atoms with Gasteiger partial charge >= 0.3 is 0 Å². The van der Waals surface area contributed by atoms with Crippen LogP contribution in [0.25, 0.3) is 6.08 Å². The number of benzene rings is 2. The lowest BCUT2D eigenvalue weighted by Crippen LogP contribution is -2.17. The van der Waals surface area contributed by atoms with Gasteiger partial charge in [-0.15, -0.1) is 12.4 Å². The van der Waals surface area contributed by atoms with E-state index in [0.29, 0.717) is 0 Å². The van der Waals surface area contributed by atoms with Gasteiger partial charge in [0.2, 0.25) is 6.79 Å². The van der Waals surface area contributed by atoms with Crippen LogP contribution in [0.5, 0.6) is 11.5 Å². The molecule has 0 saturated heterocycles. The molecule has 134 valence electrons. The van der Waals surface area contributed by atoms with Crippen molar-refractivity contribution in [3.05, 3.63) is 65.2 Å². The molecule has 1 aliphatic rings. The van der Waals surface area contributed by atoms with Crippen LogP contribution in [0.1, 0.15) is 23.1 Å². The lowest BCUT2D eigenvalue weighted by Gasteiger charge is -2.14. The Labute approximate surface area is 152 Å². The highest BCUT2D eigenvalue weighted by Crippen LogP contribution is 2.32.